The molecule has 1 fully saturated rings. The van der Waals surface area contributed by atoms with E-state index in [2.05, 4.69) is 6.07 Å². The van der Waals surface area contributed by atoms with Gasteiger partial charge in [0.05, 0.1) is 22.6 Å². The van der Waals surface area contributed by atoms with Crippen LogP contribution in [0.4, 0.5) is 4.39 Å². The zero-order valence-corrected chi connectivity index (χ0v) is 19.3. The first-order valence-corrected chi connectivity index (χ1v) is 11.1. The average Bonchev–Trinajstić information content (AvgIpc) is 3.16. The third-order valence-electron chi connectivity index (χ3n) is 6.39. The van der Waals surface area contributed by atoms with Crippen molar-refractivity contribution >= 4 is 34.3 Å². The van der Waals surface area contributed by atoms with Crippen LogP contribution in [0.25, 0.3) is 10.9 Å². The van der Waals surface area contributed by atoms with Gasteiger partial charge in [-0.05, 0) is 42.7 Å². The summed E-state index contributed by atoms with van der Waals surface area (Å²) in [6.45, 7) is 0.903. The topological polar surface area (TPSA) is 69.3 Å². The standard InChI is InChI=1S/C25H24ClFN4O2/c1-29(2)23(32)15-31-14-21(20-8-5-18(26)13-22(20)31)24(33)30-11-9-25(16-28,10-12-30)17-3-6-19(27)7-4-17/h3-8,13-14H,9-12,15H2,1-2H3. The molecule has 0 aliphatic carbocycles. The first-order valence-electron chi connectivity index (χ1n) is 10.7. The lowest BCUT2D eigenvalue weighted by Gasteiger charge is -2.37. The van der Waals surface area contributed by atoms with E-state index in [1.165, 1.54) is 17.0 Å². The molecule has 0 bridgehead atoms. The summed E-state index contributed by atoms with van der Waals surface area (Å²) in [4.78, 5) is 29.0. The average molecular weight is 467 g/mol. The lowest BCUT2D eigenvalue weighted by Crippen LogP contribution is -2.44. The van der Waals surface area contributed by atoms with Gasteiger partial charge in [0.15, 0.2) is 0 Å². The number of aromatic nitrogens is 1. The number of benzene rings is 2. The van der Waals surface area contributed by atoms with Gasteiger partial charge in [0.2, 0.25) is 5.91 Å². The summed E-state index contributed by atoms with van der Waals surface area (Å²) in [5, 5.41) is 11.2. The number of likely N-dealkylation sites (N-methyl/N-ethyl adjacent to an activating group) is 1. The second-order valence-corrected chi connectivity index (χ2v) is 9.05. The van der Waals surface area contributed by atoms with E-state index in [0.29, 0.717) is 36.5 Å². The molecule has 6 nitrogen and oxygen atoms in total. The second-order valence-electron chi connectivity index (χ2n) is 8.61. The summed E-state index contributed by atoms with van der Waals surface area (Å²) in [5.74, 6) is -0.588. The Morgan fingerprint density at radius 2 is 1.82 bits per heavy atom. The summed E-state index contributed by atoms with van der Waals surface area (Å²) in [6.07, 6.45) is 2.63. The van der Waals surface area contributed by atoms with Crippen LogP contribution in [0.5, 0.6) is 0 Å². The second kappa shape index (κ2) is 8.87. The summed E-state index contributed by atoms with van der Waals surface area (Å²) in [5.41, 5.74) is 1.24. The molecule has 2 heterocycles. The van der Waals surface area contributed by atoms with E-state index in [4.69, 9.17) is 11.6 Å². The molecule has 8 heteroatoms. The van der Waals surface area contributed by atoms with E-state index in [9.17, 15) is 19.2 Å². The van der Waals surface area contributed by atoms with Crippen molar-refractivity contribution in [1.82, 2.24) is 14.4 Å². The molecule has 0 unspecified atom stereocenters. The number of halogens is 2. The van der Waals surface area contributed by atoms with Crippen LogP contribution in [0.2, 0.25) is 5.02 Å². The lowest BCUT2D eigenvalue weighted by atomic mass is 9.74. The van der Waals surface area contributed by atoms with Gasteiger partial charge in [-0.3, -0.25) is 9.59 Å². The van der Waals surface area contributed by atoms with Crippen LogP contribution < -0.4 is 0 Å². The number of carbonyl (C=O) groups is 2. The highest BCUT2D eigenvalue weighted by Crippen LogP contribution is 2.36. The molecule has 0 spiro atoms. The number of hydrogen-bond acceptors (Lipinski definition) is 3. The molecule has 0 saturated carbocycles. The van der Waals surface area contributed by atoms with E-state index >= 15 is 0 Å². The lowest BCUT2D eigenvalue weighted by molar-refractivity contribution is -0.129. The molecule has 170 valence electrons. The minimum absolute atomic E-state index is 0.0954. The highest BCUT2D eigenvalue weighted by atomic mass is 35.5. The minimum atomic E-state index is -0.746. The molecule has 1 aromatic heterocycles. The number of likely N-dealkylation sites (tertiary alicyclic amines) is 1. The molecular formula is C25H24ClFN4O2. The fourth-order valence-corrected chi connectivity index (χ4v) is 4.52. The monoisotopic (exact) mass is 466 g/mol. The third kappa shape index (κ3) is 4.31. The number of carbonyl (C=O) groups excluding carboxylic acids is 2. The number of piperidine rings is 1. The quantitative estimate of drug-likeness (QED) is 0.578. The Morgan fingerprint density at radius 3 is 2.42 bits per heavy atom. The summed E-state index contributed by atoms with van der Waals surface area (Å²) in [7, 11) is 3.37. The zero-order chi connectivity index (χ0) is 23.8. The van der Waals surface area contributed by atoms with Crippen molar-refractivity contribution in [3.05, 3.63) is 70.6 Å². The van der Waals surface area contributed by atoms with Crippen molar-refractivity contribution in [2.75, 3.05) is 27.2 Å². The Bertz CT molecular complexity index is 1250. The van der Waals surface area contributed by atoms with Gasteiger partial charge in [-0.25, -0.2) is 4.39 Å². The SMILES string of the molecule is CN(C)C(=O)Cn1cc(C(=O)N2CCC(C#N)(c3ccc(F)cc3)CC2)c2ccc(Cl)cc21. The van der Waals surface area contributed by atoms with Gasteiger partial charge >= 0.3 is 0 Å². The van der Waals surface area contributed by atoms with Crippen LogP contribution in [0.1, 0.15) is 28.8 Å². The molecule has 1 saturated heterocycles. The molecule has 1 aliphatic rings. The Labute approximate surface area is 196 Å². The first-order chi connectivity index (χ1) is 15.7. The molecule has 0 N–H and O–H groups in total. The highest BCUT2D eigenvalue weighted by Gasteiger charge is 2.38. The molecule has 1 aliphatic heterocycles. The van der Waals surface area contributed by atoms with Crippen LogP contribution in [-0.4, -0.2) is 53.4 Å². The van der Waals surface area contributed by atoms with Crippen molar-refractivity contribution in [3.63, 3.8) is 0 Å². The molecule has 3 aromatic rings. The smallest absolute Gasteiger partial charge is 0.256 e. The Hall–Kier alpha value is -3.37. The van der Waals surface area contributed by atoms with Crippen LogP contribution in [-0.2, 0) is 16.8 Å². The maximum absolute atomic E-state index is 13.5. The van der Waals surface area contributed by atoms with Crippen LogP contribution in [0, 0.1) is 17.1 Å². The maximum Gasteiger partial charge on any atom is 0.256 e. The molecule has 4 rings (SSSR count). The van der Waals surface area contributed by atoms with Gasteiger partial charge in [-0.2, -0.15) is 5.26 Å². The van der Waals surface area contributed by atoms with Crippen molar-refractivity contribution in [2.24, 2.45) is 0 Å². The Morgan fingerprint density at radius 1 is 1.15 bits per heavy atom. The molecule has 0 atom stereocenters. The van der Waals surface area contributed by atoms with E-state index in [1.54, 1.807) is 60.1 Å². The van der Waals surface area contributed by atoms with Crippen molar-refractivity contribution in [2.45, 2.75) is 24.8 Å². The van der Waals surface area contributed by atoms with Crippen LogP contribution in [0.3, 0.4) is 0 Å². The number of nitriles is 1. The maximum atomic E-state index is 13.5. The van der Waals surface area contributed by atoms with Crippen molar-refractivity contribution in [3.8, 4) is 6.07 Å². The number of amides is 2. The van der Waals surface area contributed by atoms with E-state index in [1.807, 2.05) is 0 Å². The fraction of sp³-hybridized carbons (Fsp3) is 0.320. The Kier molecular flexibility index (Phi) is 6.13. The van der Waals surface area contributed by atoms with E-state index < -0.39 is 5.41 Å². The predicted molar refractivity (Wildman–Crippen MR) is 124 cm³/mol. The van der Waals surface area contributed by atoms with Gasteiger partial charge < -0.3 is 14.4 Å². The largest absolute Gasteiger partial charge is 0.347 e. The number of fused-ring (bicyclic) bond motifs is 1. The summed E-state index contributed by atoms with van der Waals surface area (Å²) in [6, 6.07) is 13.7. The third-order valence-corrected chi connectivity index (χ3v) is 6.63. The Balaban J connectivity index is 1.60. The first kappa shape index (κ1) is 22.8. The van der Waals surface area contributed by atoms with Crippen molar-refractivity contribution < 1.29 is 14.0 Å². The summed E-state index contributed by atoms with van der Waals surface area (Å²) < 4.78 is 15.1. The molecule has 0 radical (unpaired) electrons. The molecule has 33 heavy (non-hydrogen) atoms. The van der Waals surface area contributed by atoms with E-state index in [0.717, 1.165) is 16.5 Å². The van der Waals surface area contributed by atoms with Gasteiger partial charge in [0.1, 0.15) is 12.4 Å². The van der Waals surface area contributed by atoms with Gasteiger partial charge in [-0.1, -0.05) is 29.8 Å². The molecule has 2 aromatic carbocycles. The van der Waals surface area contributed by atoms with Gasteiger partial charge in [0.25, 0.3) is 5.91 Å². The summed E-state index contributed by atoms with van der Waals surface area (Å²) >= 11 is 6.18. The van der Waals surface area contributed by atoms with Crippen molar-refractivity contribution in [1.29, 1.82) is 5.26 Å². The van der Waals surface area contributed by atoms with Crippen LogP contribution >= 0.6 is 11.6 Å². The number of nitrogens with zero attached hydrogens (tertiary/aromatic N) is 4. The zero-order valence-electron chi connectivity index (χ0n) is 18.5. The number of rotatable bonds is 4. The van der Waals surface area contributed by atoms with Crippen LogP contribution in [0.15, 0.2) is 48.7 Å². The molecule has 2 amide bonds. The van der Waals surface area contributed by atoms with E-state index in [-0.39, 0.29) is 24.2 Å². The molecular weight excluding hydrogens is 443 g/mol. The van der Waals surface area contributed by atoms with Gasteiger partial charge in [0, 0.05) is 43.8 Å². The normalized spacial score (nSPS) is 15.3. The van der Waals surface area contributed by atoms with Gasteiger partial charge in [-0.15, -0.1) is 0 Å². The predicted octanol–water partition coefficient (Wildman–Crippen LogP) is 4.22. The number of hydrogen-bond donors (Lipinski definition) is 0. The fourth-order valence-electron chi connectivity index (χ4n) is 4.35. The highest BCUT2D eigenvalue weighted by molar-refractivity contribution is 6.31. The minimum Gasteiger partial charge on any atom is -0.347 e.